The van der Waals surface area contributed by atoms with E-state index < -0.39 is 0 Å². The van der Waals surface area contributed by atoms with E-state index >= 15 is 0 Å². The molecule has 1 N–H and O–H groups in total. The fraction of sp³-hybridized carbons (Fsp3) is 0.316. The van der Waals surface area contributed by atoms with Crippen molar-refractivity contribution in [2.75, 3.05) is 13.2 Å². The van der Waals surface area contributed by atoms with Crippen LogP contribution in [0.2, 0.25) is 0 Å². The van der Waals surface area contributed by atoms with Crippen molar-refractivity contribution in [3.8, 4) is 11.5 Å². The third kappa shape index (κ3) is 3.84. The van der Waals surface area contributed by atoms with Crippen molar-refractivity contribution in [2.45, 2.75) is 25.4 Å². The number of nitrogens with zero attached hydrogens (tertiary/aromatic N) is 2. The van der Waals surface area contributed by atoms with E-state index in [4.69, 9.17) is 9.26 Å². The number of hydrogen-bond donors (Lipinski definition) is 1. The zero-order valence-electron chi connectivity index (χ0n) is 14.2. The SMILES string of the molecule is O=C(NCCc1noc(-c2ccccc2)n1)c1ccc([C@H]2CCCO2)s1. The van der Waals surface area contributed by atoms with E-state index in [0.29, 0.717) is 29.6 Å². The maximum absolute atomic E-state index is 12.3. The number of thiophene rings is 1. The number of aromatic nitrogens is 2. The Labute approximate surface area is 155 Å². The lowest BCUT2D eigenvalue weighted by Crippen LogP contribution is -2.25. The van der Waals surface area contributed by atoms with Crippen LogP contribution < -0.4 is 5.32 Å². The predicted molar refractivity (Wildman–Crippen MR) is 98.0 cm³/mol. The Bertz CT molecular complexity index is 869. The Morgan fingerprint density at radius 3 is 2.92 bits per heavy atom. The summed E-state index contributed by atoms with van der Waals surface area (Å²) in [6.07, 6.45) is 2.78. The summed E-state index contributed by atoms with van der Waals surface area (Å²) in [5.74, 6) is 0.993. The smallest absolute Gasteiger partial charge is 0.261 e. The van der Waals surface area contributed by atoms with Crippen LogP contribution >= 0.6 is 11.3 Å². The summed E-state index contributed by atoms with van der Waals surface area (Å²) in [6.45, 7) is 1.26. The van der Waals surface area contributed by atoms with E-state index in [1.54, 1.807) is 0 Å². The topological polar surface area (TPSA) is 77.3 Å². The number of amides is 1. The molecule has 26 heavy (non-hydrogen) atoms. The summed E-state index contributed by atoms with van der Waals surface area (Å²) in [5.41, 5.74) is 0.885. The summed E-state index contributed by atoms with van der Waals surface area (Å²) in [5, 5.41) is 6.88. The van der Waals surface area contributed by atoms with Gasteiger partial charge in [-0.3, -0.25) is 4.79 Å². The van der Waals surface area contributed by atoms with Crippen LogP contribution in [0.4, 0.5) is 0 Å². The molecule has 7 heteroatoms. The molecule has 1 amide bonds. The average molecular weight is 369 g/mol. The zero-order chi connectivity index (χ0) is 17.8. The van der Waals surface area contributed by atoms with Gasteiger partial charge in [0.25, 0.3) is 11.8 Å². The fourth-order valence-corrected chi connectivity index (χ4v) is 3.89. The molecule has 1 aromatic carbocycles. The van der Waals surface area contributed by atoms with Crippen molar-refractivity contribution >= 4 is 17.2 Å². The van der Waals surface area contributed by atoms with Crippen LogP contribution in [0, 0.1) is 0 Å². The lowest BCUT2D eigenvalue weighted by molar-refractivity contribution is 0.0958. The molecular weight excluding hydrogens is 350 g/mol. The van der Waals surface area contributed by atoms with Gasteiger partial charge in [-0.25, -0.2) is 0 Å². The third-order valence-electron chi connectivity index (χ3n) is 4.22. The molecule has 1 saturated heterocycles. The molecule has 3 aromatic rings. The lowest BCUT2D eigenvalue weighted by Gasteiger charge is -2.05. The van der Waals surface area contributed by atoms with Gasteiger partial charge in [0.15, 0.2) is 5.82 Å². The molecule has 1 aliphatic heterocycles. The maximum atomic E-state index is 12.3. The van der Waals surface area contributed by atoms with E-state index in [1.807, 2.05) is 42.5 Å². The molecule has 4 rings (SSSR count). The minimum Gasteiger partial charge on any atom is -0.373 e. The van der Waals surface area contributed by atoms with Gasteiger partial charge in [0.2, 0.25) is 0 Å². The van der Waals surface area contributed by atoms with Gasteiger partial charge in [0, 0.05) is 30.0 Å². The first-order valence-corrected chi connectivity index (χ1v) is 9.49. The predicted octanol–water partition coefficient (Wildman–Crippen LogP) is 3.62. The molecule has 0 radical (unpaired) electrons. The molecule has 3 heterocycles. The number of nitrogens with one attached hydrogen (secondary N) is 1. The summed E-state index contributed by atoms with van der Waals surface area (Å²) in [6, 6.07) is 13.5. The van der Waals surface area contributed by atoms with Gasteiger partial charge in [-0.15, -0.1) is 11.3 Å². The summed E-state index contributed by atoms with van der Waals surface area (Å²) in [7, 11) is 0. The number of carbonyl (C=O) groups is 1. The molecule has 6 nitrogen and oxygen atoms in total. The number of ether oxygens (including phenoxy) is 1. The highest BCUT2D eigenvalue weighted by Crippen LogP contribution is 2.33. The van der Waals surface area contributed by atoms with Crippen molar-refractivity contribution in [3.63, 3.8) is 0 Å². The average Bonchev–Trinajstić information content (AvgIpc) is 3.42. The zero-order valence-corrected chi connectivity index (χ0v) is 15.0. The summed E-state index contributed by atoms with van der Waals surface area (Å²) in [4.78, 5) is 18.5. The summed E-state index contributed by atoms with van der Waals surface area (Å²) < 4.78 is 10.9. The quantitative estimate of drug-likeness (QED) is 0.718. The van der Waals surface area contributed by atoms with Crippen molar-refractivity contribution in [3.05, 3.63) is 58.0 Å². The van der Waals surface area contributed by atoms with Crippen LogP contribution in [-0.4, -0.2) is 29.2 Å². The first kappa shape index (κ1) is 16.9. The fourth-order valence-electron chi connectivity index (χ4n) is 2.88. The van der Waals surface area contributed by atoms with E-state index in [0.717, 1.165) is 29.9 Å². The van der Waals surface area contributed by atoms with Crippen molar-refractivity contribution < 1.29 is 14.1 Å². The summed E-state index contributed by atoms with van der Waals surface area (Å²) >= 11 is 1.50. The Morgan fingerprint density at radius 1 is 1.23 bits per heavy atom. The van der Waals surface area contributed by atoms with Gasteiger partial charge in [0.05, 0.1) is 11.0 Å². The van der Waals surface area contributed by atoms with Crippen LogP contribution in [0.15, 0.2) is 47.0 Å². The number of rotatable bonds is 6. The molecule has 1 atom stereocenters. The second-order valence-electron chi connectivity index (χ2n) is 6.09. The molecule has 2 aromatic heterocycles. The number of hydrogen-bond acceptors (Lipinski definition) is 6. The Balaban J connectivity index is 1.29. The lowest BCUT2D eigenvalue weighted by atomic mass is 10.2. The van der Waals surface area contributed by atoms with Gasteiger partial charge in [0.1, 0.15) is 0 Å². The maximum Gasteiger partial charge on any atom is 0.261 e. The number of benzene rings is 1. The first-order valence-electron chi connectivity index (χ1n) is 8.67. The highest BCUT2D eigenvalue weighted by atomic mass is 32.1. The van der Waals surface area contributed by atoms with Crippen LogP contribution in [0.25, 0.3) is 11.5 Å². The molecule has 0 aliphatic carbocycles. The molecule has 0 spiro atoms. The Morgan fingerprint density at radius 2 is 2.12 bits per heavy atom. The second kappa shape index (κ2) is 7.80. The van der Waals surface area contributed by atoms with E-state index in [2.05, 4.69) is 15.5 Å². The largest absolute Gasteiger partial charge is 0.373 e. The molecule has 134 valence electrons. The van der Waals surface area contributed by atoms with E-state index in [9.17, 15) is 4.79 Å². The van der Waals surface area contributed by atoms with E-state index in [-0.39, 0.29) is 12.0 Å². The van der Waals surface area contributed by atoms with Crippen LogP contribution in [-0.2, 0) is 11.2 Å². The molecule has 0 saturated carbocycles. The molecule has 1 fully saturated rings. The number of carbonyl (C=O) groups excluding carboxylic acids is 1. The van der Waals surface area contributed by atoms with Gasteiger partial charge < -0.3 is 14.6 Å². The molecule has 0 bridgehead atoms. The standard InChI is InChI=1S/C19H19N3O3S/c23-18(16-9-8-15(26-16)14-7-4-12-24-14)20-11-10-17-21-19(25-22-17)13-5-2-1-3-6-13/h1-3,5-6,8-9,14H,4,7,10-12H2,(H,20,23)/t14-/m1/s1. The monoisotopic (exact) mass is 369 g/mol. The van der Waals surface area contributed by atoms with Crippen LogP contribution in [0.3, 0.4) is 0 Å². The van der Waals surface area contributed by atoms with Gasteiger partial charge in [-0.05, 0) is 37.1 Å². The Kier molecular flexibility index (Phi) is 5.08. The Hall–Kier alpha value is -2.51. The van der Waals surface area contributed by atoms with Crippen molar-refractivity contribution in [1.29, 1.82) is 0 Å². The van der Waals surface area contributed by atoms with Gasteiger partial charge >= 0.3 is 0 Å². The van der Waals surface area contributed by atoms with E-state index in [1.165, 1.54) is 11.3 Å². The minimum atomic E-state index is -0.0778. The normalized spacial score (nSPS) is 16.7. The highest BCUT2D eigenvalue weighted by Gasteiger charge is 2.20. The molecule has 0 unspecified atom stereocenters. The van der Waals surface area contributed by atoms with Gasteiger partial charge in [-0.2, -0.15) is 4.98 Å². The minimum absolute atomic E-state index is 0.0778. The highest BCUT2D eigenvalue weighted by molar-refractivity contribution is 7.14. The van der Waals surface area contributed by atoms with Crippen LogP contribution in [0.1, 0.15) is 39.3 Å². The van der Waals surface area contributed by atoms with Crippen molar-refractivity contribution in [2.24, 2.45) is 0 Å². The third-order valence-corrected chi connectivity index (χ3v) is 5.40. The van der Waals surface area contributed by atoms with Crippen molar-refractivity contribution in [1.82, 2.24) is 15.5 Å². The molecular formula is C19H19N3O3S. The molecule has 1 aliphatic rings. The van der Waals surface area contributed by atoms with Gasteiger partial charge in [-0.1, -0.05) is 23.4 Å². The second-order valence-corrected chi connectivity index (χ2v) is 7.21. The first-order chi connectivity index (χ1) is 12.8. The van der Waals surface area contributed by atoms with Crippen LogP contribution in [0.5, 0.6) is 0 Å².